The number of aryl methyl sites for hydroxylation is 2. The maximum Gasteiger partial charge on any atom is 0.260 e. The molecule has 0 bridgehead atoms. The monoisotopic (exact) mass is 383 g/mol. The smallest absolute Gasteiger partial charge is 0.260 e. The molecule has 0 unspecified atom stereocenters. The summed E-state index contributed by atoms with van der Waals surface area (Å²) in [5.74, 6) is 0.695. The molecular weight excluding hydrogens is 358 g/mol. The minimum Gasteiger partial charge on any atom is -0.494 e. The van der Waals surface area contributed by atoms with Crippen molar-refractivity contribution in [2.75, 3.05) is 39.2 Å². The van der Waals surface area contributed by atoms with Gasteiger partial charge in [-0.1, -0.05) is 35.1 Å². The molecule has 0 aliphatic heterocycles. The van der Waals surface area contributed by atoms with Gasteiger partial charge in [0.15, 0.2) is 5.13 Å². The lowest BCUT2D eigenvalue weighted by Gasteiger charge is -2.22. The largest absolute Gasteiger partial charge is 0.494 e. The van der Waals surface area contributed by atoms with Gasteiger partial charge in [-0.25, -0.2) is 4.98 Å². The number of hydrogen-bond donors (Lipinski definition) is 0. The Bertz CT molecular complexity index is 948. The lowest BCUT2D eigenvalue weighted by atomic mass is 10.1. The summed E-state index contributed by atoms with van der Waals surface area (Å²) < 4.78 is 6.52. The predicted molar refractivity (Wildman–Crippen MR) is 112 cm³/mol. The standard InChI is InChI=1S/C21H25N3O2S/c1-14-6-9-16(10-7-14)20(25)24(13-12-23(3)4)21-22-18-17(26-5)11-8-15(2)19(18)27-21/h6-11H,12-13H2,1-5H3. The van der Waals surface area contributed by atoms with Crippen molar-refractivity contribution < 1.29 is 9.53 Å². The van der Waals surface area contributed by atoms with E-state index in [0.717, 1.165) is 33.6 Å². The highest BCUT2D eigenvalue weighted by Gasteiger charge is 2.22. The minimum atomic E-state index is -0.0347. The second-order valence-corrected chi connectivity index (χ2v) is 7.86. The Labute approximate surface area is 164 Å². The highest BCUT2D eigenvalue weighted by atomic mass is 32.1. The van der Waals surface area contributed by atoms with E-state index in [0.29, 0.717) is 17.2 Å². The third-order valence-corrected chi connectivity index (χ3v) is 5.67. The Morgan fingerprint density at radius 1 is 1.07 bits per heavy atom. The van der Waals surface area contributed by atoms with Crippen LogP contribution >= 0.6 is 11.3 Å². The lowest BCUT2D eigenvalue weighted by Crippen LogP contribution is -2.36. The molecule has 3 rings (SSSR count). The lowest BCUT2D eigenvalue weighted by molar-refractivity contribution is 0.0985. The predicted octanol–water partition coefficient (Wildman–Crippen LogP) is 4.13. The quantitative estimate of drug-likeness (QED) is 0.642. The maximum absolute atomic E-state index is 13.2. The molecule has 0 aliphatic rings. The van der Waals surface area contributed by atoms with Gasteiger partial charge < -0.3 is 9.64 Å². The number of thiazole rings is 1. The number of methoxy groups -OCH3 is 1. The van der Waals surface area contributed by atoms with E-state index in [9.17, 15) is 4.79 Å². The molecule has 5 nitrogen and oxygen atoms in total. The van der Waals surface area contributed by atoms with Crippen LogP contribution in [0.3, 0.4) is 0 Å². The number of aromatic nitrogens is 1. The third kappa shape index (κ3) is 4.12. The zero-order valence-corrected chi connectivity index (χ0v) is 17.3. The maximum atomic E-state index is 13.2. The number of fused-ring (bicyclic) bond motifs is 1. The molecule has 3 aromatic rings. The van der Waals surface area contributed by atoms with E-state index in [2.05, 4.69) is 11.8 Å². The van der Waals surface area contributed by atoms with Gasteiger partial charge in [-0.05, 0) is 51.7 Å². The number of benzene rings is 2. The Morgan fingerprint density at radius 2 is 1.78 bits per heavy atom. The van der Waals surface area contributed by atoms with Gasteiger partial charge in [-0.2, -0.15) is 0 Å². The van der Waals surface area contributed by atoms with Gasteiger partial charge in [0, 0.05) is 18.7 Å². The average Bonchev–Trinajstić information content (AvgIpc) is 3.08. The number of rotatable bonds is 6. The molecule has 0 atom stereocenters. The van der Waals surface area contributed by atoms with Crippen LogP contribution in [0, 0.1) is 13.8 Å². The summed E-state index contributed by atoms with van der Waals surface area (Å²) in [6, 6.07) is 11.6. The van der Waals surface area contributed by atoms with Crippen LogP contribution in [0.15, 0.2) is 36.4 Å². The van der Waals surface area contributed by atoms with Crippen LogP contribution in [0.25, 0.3) is 10.2 Å². The first-order valence-corrected chi connectivity index (χ1v) is 9.69. The van der Waals surface area contributed by atoms with Crippen LogP contribution in [-0.2, 0) is 0 Å². The summed E-state index contributed by atoms with van der Waals surface area (Å²) in [5, 5.41) is 0.699. The summed E-state index contributed by atoms with van der Waals surface area (Å²) >= 11 is 1.53. The second kappa shape index (κ2) is 8.06. The van der Waals surface area contributed by atoms with Crippen molar-refractivity contribution in [2.24, 2.45) is 0 Å². The van der Waals surface area contributed by atoms with Crippen molar-refractivity contribution >= 4 is 32.6 Å². The normalized spacial score (nSPS) is 11.2. The van der Waals surface area contributed by atoms with Crippen LogP contribution in [0.2, 0.25) is 0 Å². The number of carbonyl (C=O) groups is 1. The Balaban J connectivity index is 2.05. The number of amides is 1. The van der Waals surface area contributed by atoms with E-state index in [1.165, 1.54) is 11.3 Å². The highest BCUT2D eigenvalue weighted by Crippen LogP contribution is 2.36. The zero-order chi connectivity index (χ0) is 19.6. The summed E-state index contributed by atoms with van der Waals surface area (Å²) in [6.07, 6.45) is 0. The molecule has 2 aromatic carbocycles. The molecule has 1 amide bonds. The Kier molecular flexibility index (Phi) is 5.77. The molecule has 0 fully saturated rings. The first kappa shape index (κ1) is 19.3. The van der Waals surface area contributed by atoms with E-state index < -0.39 is 0 Å². The molecule has 0 aliphatic carbocycles. The SMILES string of the molecule is COc1ccc(C)c2sc(N(CCN(C)C)C(=O)c3ccc(C)cc3)nc12. The van der Waals surface area contributed by atoms with E-state index in [4.69, 9.17) is 9.72 Å². The number of anilines is 1. The number of hydrogen-bond acceptors (Lipinski definition) is 5. The molecule has 0 spiro atoms. The fraction of sp³-hybridized carbons (Fsp3) is 0.333. The second-order valence-electron chi connectivity index (χ2n) is 6.88. The molecule has 0 N–H and O–H groups in total. The number of nitrogens with zero attached hydrogens (tertiary/aromatic N) is 3. The van der Waals surface area contributed by atoms with Crippen molar-refractivity contribution in [3.63, 3.8) is 0 Å². The molecule has 0 saturated heterocycles. The van der Waals surface area contributed by atoms with Crippen molar-refractivity contribution in [3.8, 4) is 5.75 Å². The van der Waals surface area contributed by atoms with Gasteiger partial charge in [0.25, 0.3) is 5.91 Å². The zero-order valence-electron chi connectivity index (χ0n) is 16.4. The molecule has 1 heterocycles. The van der Waals surface area contributed by atoms with Crippen LogP contribution in [0.4, 0.5) is 5.13 Å². The Hall–Kier alpha value is -2.44. The van der Waals surface area contributed by atoms with Gasteiger partial charge in [0.1, 0.15) is 11.3 Å². The molecule has 1 aromatic heterocycles. The van der Waals surface area contributed by atoms with Crippen molar-refractivity contribution in [3.05, 3.63) is 53.1 Å². The third-order valence-electron chi connectivity index (χ3n) is 4.46. The summed E-state index contributed by atoms with van der Waals surface area (Å²) in [4.78, 5) is 21.8. The van der Waals surface area contributed by atoms with Gasteiger partial charge >= 0.3 is 0 Å². The van der Waals surface area contributed by atoms with Gasteiger partial charge in [-0.3, -0.25) is 9.69 Å². The van der Waals surface area contributed by atoms with E-state index in [1.54, 1.807) is 12.0 Å². The van der Waals surface area contributed by atoms with Crippen LogP contribution in [-0.4, -0.2) is 50.1 Å². The van der Waals surface area contributed by atoms with Gasteiger partial charge in [0.2, 0.25) is 0 Å². The minimum absolute atomic E-state index is 0.0347. The van der Waals surface area contributed by atoms with Crippen molar-refractivity contribution in [1.29, 1.82) is 0 Å². The molecule has 142 valence electrons. The van der Waals surface area contributed by atoms with Gasteiger partial charge in [0.05, 0.1) is 11.8 Å². The summed E-state index contributed by atoms with van der Waals surface area (Å²) in [6.45, 7) is 5.39. The summed E-state index contributed by atoms with van der Waals surface area (Å²) in [7, 11) is 5.64. The molecule has 6 heteroatoms. The van der Waals surface area contributed by atoms with Gasteiger partial charge in [-0.15, -0.1) is 0 Å². The van der Waals surface area contributed by atoms with Crippen LogP contribution < -0.4 is 9.64 Å². The van der Waals surface area contributed by atoms with E-state index in [1.807, 2.05) is 57.4 Å². The van der Waals surface area contributed by atoms with Crippen molar-refractivity contribution in [1.82, 2.24) is 9.88 Å². The number of ether oxygens (including phenoxy) is 1. The topological polar surface area (TPSA) is 45.7 Å². The fourth-order valence-electron chi connectivity index (χ4n) is 2.81. The number of likely N-dealkylation sites (N-methyl/N-ethyl adjacent to an activating group) is 1. The number of carbonyl (C=O) groups excluding carboxylic acids is 1. The molecule has 27 heavy (non-hydrogen) atoms. The van der Waals surface area contributed by atoms with E-state index in [-0.39, 0.29) is 5.91 Å². The van der Waals surface area contributed by atoms with Crippen LogP contribution in [0.1, 0.15) is 21.5 Å². The average molecular weight is 384 g/mol. The molecular formula is C21H25N3O2S. The highest BCUT2D eigenvalue weighted by molar-refractivity contribution is 7.22. The summed E-state index contributed by atoms with van der Waals surface area (Å²) in [5.41, 5.74) is 3.74. The first-order chi connectivity index (χ1) is 12.9. The molecule has 0 saturated carbocycles. The van der Waals surface area contributed by atoms with Crippen molar-refractivity contribution in [2.45, 2.75) is 13.8 Å². The fourth-order valence-corrected chi connectivity index (χ4v) is 3.89. The van der Waals surface area contributed by atoms with Crippen LogP contribution in [0.5, 0.6) is 5.75 Å². The van der Waals surface area contributed by atoms with E-state index >= 15 is 0 Å². The molecule has 0 radical (unpaired) electrons. The first-order valence-electron chi connectivity index (χ1n) is 8.88. The Morgan fingerprint density at radius 3 is 2.41 bits per heavy atom.